The Balaban J connectivity index is 1.77. The molecule has 1 aromatic heterocycles. The molecular formula is C14H22N4O. The molecule has 2 rings (SSSR count). The molecule has 5 heteroatoms. The zero-order valence-electron chi connectivity index (χ0n) is 11.5. The number of anilines is 1. The number of nitrogens with one attached hydrogen (secondary N) is 2. The monoisotopic (exact) mass is 262 g/mol. The molecule has 0 aromatic carbocycles. The lowest BCUT2D eigenvalue weighted by molar-refractivity contribution is 0.305. The molecule has 0 radical (unpaired) electrons. The normalized spacial score (nSPS) is 14.9. The predicted octanol–water partition coefficient (Wildman–Crippen LogP) is 1.99. The van der Waals surface area contributed by atoms with Crippen molar-refractivity contribution >= 4 is 5.95 Å². The summed E-state index contributed by atoms with van der Waals surface area (Å²) in [4.78, 5) is 8.51. The maximum atomic E-state index is 5.48. The molecule has 19 heavy (non-hydrogen) atoms. The minimum absolute atomic E-state index is 0.639. The molecule has 0 atom stereocenters. The third-order valence-electron chi connectivity index (χ3n) is 2.97. The van der Waals surface area contributed by atoms with Crippen molar-refractivity contribution < 1.29 is 4.74 Å². The van der Waals surface area contributed by atoms with Gasteiger partial charge in [0.1, 0.15) is 0 Å². The average molecular weight is 262 g/mol. The Kier molecular flexibility index (Phi) is 5.62. The SMILES string of the molecule is CCCOc1ccnc(NCCC2=CCNCC2)n1. The van der Waals surface area contributed by atoms with Gasteiger partial charge in [-0.2, -0.15) is 4.98 Å². The van der Waals surface area contributed by atoms with Crippen LogP contribution in [0.2, 0.25) is 0 Å². The van der Waals surface area contributed by atoms with Crippen molar-refractivity contribution in [1.29, 1.82) is 0 Å². The van der Waals surface area contributed by atoms with Crippen LogP contribution in [0.3, 0.4) is 0 Å². The Labute approximate surface area is 114 Å². The number of ether oxygens (including phenoxy) is 1. The van der Waals surface area contributed by atoms with E-state index in [1.807, 2.05) is 0 Å². The molecule has 0 saturated heterocycles. The topological polar surface area (TPSA) is 59.1 Å². The van der Waals surface area contributed by atoms with Crippen molar-refractivity contribution in [3.63, 3.8) is 0 Å². The molecule has 104 valence electrons. The summed E-state index contributed by atoms with van der Waals surface area (Å²) >= 11 is 0. The standard InChI is InChI=1S/C14H22N4O/c1-2-11-19-13-6-10-17-14(18-13)16-9-5-12-3-7-15-8-4-12/h3,6,10,15H,2,4-5,7-9,11H2,1H3,(H,16,17,18). The maximum Gasteiger partial charge on any atom is 0.225 e. The fourth-order valence-electron chi connectivity index (χ4n) is 1.95. The lowest BCUT2D eigenvalue weighted by atomic mass is 10.1. The molecule has 0 unspecified atom stereocenters. The lowest BCUT2D eigenvalue weighted by Crippen LogP contribution is -2.21. The van der Waals surface area contributed by atoms with E-state index < -0.39 is 0 Å². The molecule has 0 saturated carbocycles. The molecule has 0 aliphatic carbocycles. The number of nitrogens with zero attached hydrogens (tertiary/aromatic N) is 2. The molecule has 1 aromatic rings. The summed E-state index contributed by atoms with van der Waals surface area (Å²) in [6, 6.07) is 1.79. The maximum absolute atomic E-state index is 5.48. The molecule has 0 fully saturated rings. The van der Waals surface area contributed by atoms with Crippen molar-refractivity contribution in [3.05, 3.63) is 23.9 Å². The first-order valence-electron chi connectivity index (χ1n) is 6.97. The number of rotatable bonds is 7. The van der Waals surface area contributed by atoms with Gasteiger partial charge in [-0.25, -0.2) is 4.98 Å². The molecule has 2 heterocycles. The van der Waals surface area contributed by atoms with Crippen molar-refractivity contribution in [2.45, 2.75) is 26.2 Å². The Morgan fingerprint density at radius 2 is 2.42 bits per heavy atom. The van der Waals surface area contributed by atoms with Crippen LogP contribution >= 0.6 is 0 Å². The summed E-state index contributed by atoms with van der Waals surface area (Å²) in [6.45, 7) is 5.71. The van der Waals surface area contributed by atoms with Gasteiger partial charge in [0.2, 0.25) is 11.8 Å². The quantitative estimate of drug-likeness (QED) is 0.736. The highest BCUT2D eigenvalue weighted by Crippen LogP contribution is 2.11. The smallest absolute Gasteiger partial charge is 0.225 e. The third kappa shape index (κ3) is 4.87. The second-order valence-corrected chi connectivity index (χ2v) is 4.56. The summed E-state index contributed by atoms with van der Waals surface area (Å²) in [6.07, 6.45) is 7.17. The van der Waals surface area contributed by atoms with Gasteiger partial charge in [0, 0.05) is 25.4 Å². The van der Waals surface area contributed by atoms with Crippen molar-refractivity contribution in [1.82, 2.24) is 15.3 Å². The minimum Gasteiger partial charge on any atom is -0.478 e. The largest absolute Gasteiger partial charge is 0.478 e. The van der Waals surface area contributed by atoms with Crippen LogP contribution < -0.4 is 15.4 Å². The molecule has 2 N–H and O–H groups in total. The van der Waals surface area contributed by atoms with Gasteiger partial charge >= 0.3 is 0 Å². The van der Waals surface area contributed by atoms with E-state index in [4.69, 9.17) is 4.74 Å². The van der Waals surface area contributed by atoms with Crippen LogP contribution in [0.15, 0.2) is 23.9 Å². The summed E-state index contributed by atoms with van der Waals surface area (Å²) < 4.78 is 5.48. The van der Waals surface area contributed by atoms with Gasteiger partial charge in [-0.05, 0) is 25.8 Å². The molecule has 1 aliphatic rings. The van der Waals surface area contributed by atoms with E-state index in [0.717, 1.165) is 38.9 Å². The highest BCUT2D eigenvalue weighted by molar-refractivity contribution is 5.27. The van der Waals surface area contributed by atoms with Crippen LogP contribution in [-0.4, -0.2) is 36.2 Å². The number of hydrogen-bond acceptors (Lipinski definition) is 5. The van der Waals surface area contributed by atoms with Crippen molar-refractivity contribution in [3.8, 4) is 5.88 Å². The molecule has 0 bridgehead atoms. The van der Waals surface area contributed by atoms with Gasteiger partial charge in [-0.3, -0.25) is 0 Å². The van der Waals surface area contributed by atoms with E-state index in [-0.39, 0.29) is 0 Å². The molecule has 0 spiro atoms. The summed E-state index contributed by atoms with van der Waals surface area (Å²) in [5.41, 5.74) is 1.50. The zero-order valence-corrected chi connectivity index (χ0v) is 11.5. The van der Waals surface area contributed by atoms with E-state index in [1.54, 1.807) is 12.3 Å². The Hall–Kier alpha value is -1.62. The minimum atomic E-state index is 0.639. The summed E-state index contributed by atoms with van der Waals surface area (Å²) in [7, 11) is 0. The van der Waals surface area contributed by atoms with Crippen molar-refractivity contribution in [2.75, 3.05) is 31.6 Å². The highest BCUT2D eigenvalue weighted by Gasteiger charge is 2.03. The Morgan fingerprint density at radius 3 is 3.21 bits per heavy atom. The van der Waals surface area contributed by atoms with Gasteiger partial charge < -0.3 is 15.4 Å². The first-order chi connectivity index (χ1) is 9.38. The predicted molar refractivity (Wildman–Crippen MR) is 76.5 cm³/mol. The Morgan fingerprint density at radius 1 is 1.47 bits per heavy atom. The fourth-order valence-corrected chi connectivity index (χ4v) is 1.95. The van der Waals surface area contributed by atoms with Crippen LogP contribution in [0, 0.1) is 0 Å². The lowest BCUT2D eigenvalue weighted by Gasteiger charge is -2.14. The second kappa shape index (κ2) is 7.74. The second-order valence-electron chi connectivity index (χ2n) is 4.56. The molecular weight excluding hydrogens is 240 g/mol. The van der Waals surface area contributed by atoms with Gasteiger partial charge in [-0.1, -0.05) is 18.6 Å². The zero-order chi connectivity index (χ0) is 13.3. The first kappa shape index (κ1) is 13.8. The number of hydrogen-bond donors (Lipinski definition) is 2. The van der Waals surface area contributed by atoms with E-state index in [1.165, 1.54) is 5.57 Å². The third-order valence-corrected chi connectivity index (χ3v) is 2.97. The van der Waals surface area contributed by atoms with Gasteiger partial charge in [-0.15, -0.1) is 0 Å². The fraction of sp³-hybridized carbons (Fsp3) is 0.571. The van der Waals surface area contributed by atoms with Gasteiger partial charge in [0.25, 0.3) is 0 Å². The van der Waals surface area contributed by atoms with E-state index in [2.05, 4.69) is 33.6 Å². The van der Waals surface area contributed by atoms with Crippen LogP contribution in [0.5, 0.6) is 5.88 Å². The van der Waals surface area contributed by atoms with Crippen LogP contribution in [-0.2, 0) is 0 Å². The molecule has 1 aliphatic heterocycles. The van der Waals surface area contributed by atoms with Crippen molar-refractivity contribution in [2.24, 2.45) is 0 Å². The highest BCUT2D eigenvalue weighted by atomic mass is 16.5. The van der Waals surface area contributed by atoms with E-state index >= 15 is 0 Å². The van der Waals surface area contributed by atoms with E-state index in [0.29, 0.717) is 18.4 Å². The molecule has 0 amide bonds. The van der Waals surface area contributed by atoms with Crippen LogP contribution in [0.1, 0.15) is 26.2 Å². The molecule has 5 nitrogen and oxygen atoms in total. The van der Waals surface area contributed by atoms with Gasteiger partial charge in [0.15, 0.2) is 0 Å². The number of aromatic nitrogens is 2. The van der Waals surface area contributed by atoms with E-state index in [9.17, 15) is 0 Å². The Bertz CT molecular complexity index is 420. The summed E-state index contributed by atoms with van der Waals surface area (Å²) in [5, 5.41) is 6.56. The van der Waals surface area contributed by atoms with Crippen LogP contribution in [0.25, 0.3) is 0 Å². The first-order valence-corrected chi connectivity index (χ1v) is 6.97. The summed E-state index contributed by atoms with van der Waals surface area (Å²) in [5.74, 6) is 1.28. The van der Waals surface area contributed by atoms with Gasteiger partial charge in [0.05, 0.1) is 6.61 Å². The average Bonchev–Trinajstić information content (AvgIpc) is 2.47. The van der Waals surface area contributed by atoms with Crippen LogP contribution in [0.4, 0.5) is 5.95 Å².